The first kappa shape index (κ1) is 21.2. The van der Waals surface area contributed by atoms with E-state index in [0.717, 1.165) is 22.0 Å². The maximum Gasteiger partial charge on any atom is 0.271 e. The normalized spacial score (nSPS) is 10.5. The molecule has 0 aliphatic carbocycles. The molecule has 0 aliphatic rings. The second-order valence-electron chi connectivity index (χ2n) is 6.61. The van der Waals surface area contributed by atoms with Gasteiger partial charge in [0, 0.05) is 16.6 Å². The fourth-order valence-electron chi connectivity index (χ4n) is 2.87. The summed E-state index contributed by atoms with van der Waals surface area (Å²) in [6, 6.07) is 14.6. The van der Waals surface area contributed by atoms with Gasteiger partial charge >= 0.3 is 0 Å². The molecule has 0 saturated carbocycles. The summed E-state index contributed by atoms with van der Waals surface area (Å²) in [5.74, 6) is 0.0359. The van der Waals surface area contributed by atoms with Crippen LogP contribution >= 0.6 is 11.3 Å². The predicted octanol–water partition coefficient (Wildman–Crippen LogP) is 3.16. The number of rotatable bonds is 8. The zero-order valence-electron chi connectivity index (χ0n) is 17.2. The summed E-state index contributed by atoms with van der Waals surface area (Å²) in [5, 5.41) is 11.8. The summed E-state index contributed by atoms with van der Waals surface area (Å²) < 4.78 is 7.05. The number of aromatic nitrogens is 4. The SMILES string of the molecule is CCOc1ccc(-c2nc(C(=O)NCC(=O)Nc3ccc(-n4cncn4)cc3)cs2)cc1. The number of carbonyl (C=O) groups is 2. The summed E-state index contributed by atoms with van der Waals surface area (Å²) >= 11 is 1.36. The van der Waals surface area contributed by atoms with Gasteiger partial charge in [0.05, 0.1) is 18.8 Å². The first-order valence-corrected chi connectivity index (χ1v) is 10.7. The summed E-state index contributed by atoms with van der Waals surface area (Å²) in [4.78, 5) is 32.8. The van der Waals surface area contributed by atoms with Crippen molar-refractivity contribution < 1.29 is 14.3 Å². The molecular weight excluding hydrogens is 428 g/mol. The van der Waals surface area contributed by atoms with Gasteiger partial charge in [-0.25, -0.2) is 14.6 Å². The summed E-state index contributed by atoms with van der Waals surface area (Å²) in [6.07, 6.45) is 3.03. The van der Waals surface area contributed by atoms with E-state index in [9.17, 15) is 9.59 Å². The molecule has 2 aromatic heterocycles. The Morgan fingerprint density at radius 1 is 1.09 bits per heavy atom. The number of benzene rings is 2. The van der Waals surface area contributed by atoms with E-state index in [4.69, 9.17) is 4.74 Å². The van der Waals surface area contributed by atoms with E-state index in [2.05, 4.69) is 25.7 Å². The second-order valence-corrected chi connectivity index (χ2v) is 7.47. The van der Waals surface area contributed by atoms with Crippen molar-refractivity contribution in [2.75, 3.05) is 18.5 Å². The average molecular weight is 449 g/mol. The maximum absolute atomic E-state index is 12.4. The molecule has 2 amide bonds. The van der Waals surface area contributed by atoms with Crippen LogP contribution in [0.1, 0.15) is 17.4 Å². The van der Waals surface area contributed by atoms with Gasteiger partial charge in [0.25, 0.3) is 5.91 Å². The minimum atomic E-state index is -0.407. The Balaban J connectivity index is 1.29. The van der Waals surface area contributed by atoms with Gasteiger partial charge in [-0.2, -0.15) is 5.10 Å². The van der Waals surface area contributed by atoms with Crippen molar-refractivity contribution in [3.63, 3.8) is 0 Å². The fraction of sp³-hybridized carbons (Fsp3) is 0.136. The molecule has 0 bridgehead atoms. The largest absolute Gasteiger partial charge is 0.494 e. The van der Waals surface area contributed by atoms with Crippen LogP contribution < -0.4 is 15.4 Å². The van der Waals surface area contributed by atoms with Crippen molar-refractivity contribution in [3.8, 4) is 22.0 Å². The smallest absolute Gasteiger partial charge is 0.271 e. The number of ether oxygens (including phenoxy) is 1. The summed E-state index contributed by atoms with van der Waals surface area (Å²) in [6.45, 7) is 2.36. The van der Waals surface area contributed by atoms with Gasteiger partial charge in [0.2, 0.25) is 5.91 Å². The molecule has 4 rings (SSSR count). The number of hydrogen-bond donors (Lipinski definition) is 2. The Morgan fingerprint density at radius 2 is 1.88 bits per heavy atom. The van der Waals surface area contributed by atoms with Gasteiger partial charge in [0.1, 0.15) is 29.1 Å². The molecule has 10 heteroatoms. The maximum atomic E-state index is 12.4. The first-order chi connectivity index (χ1) is 15.6. The summed E-state index contributed by atoms with van der Waals surface area (Å²) in [5.41, 5.74) is 2.59. The van der Waals surface area contributed by atoms with Crippen LogP contribution in [0.3, 0.4) is 0 Å². The van der Waals surface area contributed by atoms with Crippen molar-refractivity contribution in [1.29, 1.82) is 0 Å². The quantitative estimate of drug-likeness (QED) is 0.428. The minimum Gasteiger partial charge on any atom is -0.494 e. The topological polar surface area (TPSA) is 111 Å². The van der Waals surface area contributed by atoms with Crippen LogP contribution in [0.4, 0.5) is 5.69 Å². The van der Waals surface area contributed by atoms with Crippen LogP contribution in [0, 0.1) is 0 Å². The first-order valence-electron chi connectivity index (χ1n) is 9.84. The molecule has 0 radical (unpaired) electrons. The van der Waals surface area contributed by atoms with Crippen molar-refractivity contribution in [3.05, 3.63) is 72.3 Å². The lowest BCUT2D eigenvalue weighted by molar-refractivity contribution is -0.115. The molecular formula is C22H20N6O3S. The highest BCUT2D eigenvalue weighted by atomic mass is 32.1. The lowest BCUT2D eigenvalue weighted by Crippen LogP contribution is -2.33. The lowest BCUT2D eigenvalue weighted by atomic mass is 10.2. The van der Waals surface area contributed by atoms with Crippen LogP contribution in [0.2, 0.25) is 0 Å². The van der Waals surface area contributed by atoms with Crippen LogP contribution in [-0.2, 0) is 4.79 Å². The Labute approximate surface area is 188 Å². The molecule has 162 valence electrons. The van der Waals surface area contributed by atoms with E-state index >= 15 is 0 Å². The monoisotopic (exact) mass is 448 g/mol. The minimum absolute atomic E-state index is 0.167. The Kier molecular flexibility index (Phi) is 6.52. The highest BCUT2D eigenvalue weighted by Crippen LogP contribution is 2.25. The second kappa shape index (κ2) is 9.84. The van der Waals surface area contributed by atoms with Crippen LogP contribution in [-0.4, -0.2) is 44.7 Å². The molecule has 0 aliphatic heterocycles. The van der Waals surface area contributed by atoms with E-state index in [1.165, 1.54) is 17.7 Å². The van der Waals surface area contributed by atoms with Gasteiger partial charge in [-0.05, 0) is 55.5 Å². The number of nitrogens with one attached hydrogen (secondary N) is 2. The third-order valence-corrected chi connectivity index (χ3v) is 5.28. The van der Waals surface area contributed by atoms with Crippen molar-refractivity contribution >= 4 is 28.8 Å². The van der Waals surface area contributed by atoms with E-state index < -0.39 is 5.91 Å². The van der Waals surface area contributed by atoms with E-state index in [1.807, 2.05) is 31.2 Å². The van der Waals surface area contributed by atoms with Crippen LogP contribution in [0.15, 0.2) is 66.6 Å². The molecule has 0 unspecified atom stereocenters. The summed E-state index contributed by atoms with van der Waals surface area (Å²) in [7, 11) is 0. The molecule has 2 aromatic carbocycles. The standard InChI is InChI=1S/C22H20N6O3S/c1-2-31-18-9-3-15(4-10-18)22-27-19(12-32-22)21(30)24-11-20(29)26-16-5-7-17(8-6-16)28-14-23-13-25-28/h3-10,12-14H,2,11H2,1H3,(H,24,30)(H,26,29). The zero-order chi connectivity index (χ0) is 22.3. The number of anilines is 1. The van der Waals surface area contributed by atoms with Gasteiger partial charge in [-0.3, -0.25) is 9.59 Å². The number of carbonyl (C=O) groups excluding carboxylic acids is 2. The van der Waals surface area contributed by atoms with Crippen molar-refractivity contribution in [2.45, 2.75) is 6.92 Å². The molecule has 2 heterocycles. The molecule has 2 N–H and O–H groups in total. The van der Waals surface area contributed by atoms with E-state index in [-0.39, 0.29) is 18.1 Å². The molecule has 9 nitrogen and oxygen atoms in total. The Bertz CT molecular complexity index is 1190. The lowest BCUT2D eigenvalue weighted by Gasteiger charge is -2.07. The van der Waals surface area contributed by atoms with Gasteiger partial charge in [-0.1, -0.05) is 0 Å². The van der Waals surface area contributed by atoms with E-state index in [0.29, 0.717) is 12.3 Å². The highest BCUT2D eigenvalue weighted by Gasteiger charge is 2.13. The molecule has 32 heavy (non-hydrogen) atoms. The fourth-order valence-corrected chi connectivity index (χ4v) is 3.67. The highest BCUT2D eigenvalue weighted by molar-refractivity contribution is 7.13. The van der Waals surface area contributed by atoms with Crippen molar-refractivity contribution in [1.82, 2.24) is 25.1 Å². The van der Waals surface area contributed by atoms with Gasteiger partial charge in [0.15, 0.2) is 0 Å². The number of amides is 2. The van der Waals surface area contributed by atoms with Crippen LogP contribution in [0.5, 0.6) is 5.75 Å². The van der Waals surface area contributed by atoms with Gasteiger partial charge in [-0.15, -0.1) is 11.3 Å². The number of thiazole rings is 1. The Morgan fingerprint density at radius 3 is 2.56 bits per heavy atom. The van der Waals surface area contributed by atoms with Crippen molar-refractivity contribution in [2.24, 2.45) is 0 Å². The zero-order valence-corrected chi connectivity index (χ0v) is 18.0. The molecule has 0 fully saturated rings. The molecule has 0 atom stereocenters. The number of hydrogen-bond acceptors (Lipinski definition) is 7. The molecule has 0 saturated heterocycles. The average Bonchev–Trinajstić information content (AvgIpc) is 3.52. The Hall–Kier alpha value is -4.05. The third kappa shape index (κ3) is 5.16. The number of nitrogens with zero attached hydrogens (tertiary/aromatic N) is 4. The van der Waals surface area contributed by atoms with Gasteiger partial charge < -0.3 is 15.4 Å². The molecule has 4 aromatic rings. The third-order valence-electron chi connectivity index (χ3n) is 4.39. The molecule has 0 spiro atoms. The predicted molar refractivity (Wildman–Crippen MR) is 121 cm³/mol. The van der Waals surface area contributed by atoms with E-state index in [1.54, 1.807) is 40.7 Å². The van der Waals surface area contributed by atoms with Crippen LogP contribution in [0.25, 0.3) is 16.3 Å².